The maximum atomic E-state index is 12.5. The number of sulfonamides is 1. The van der Waals surface area contributed by atoms with E-state index in [1.54, 1.807) is 25.1 Å². The molecular formula is C12H19ClN2O3S. The first-order chi connectivity index (χ1) is 8.55. The third-order valence-electron chi connectivity index (χ3n) is 3.08. The first-order valence-electron chi connectivity index (χ1n) is 5.93. The summed E-state index contributed by atoms with van der Waals surface area (Å²) in [6.07, 6.45) is -0.211. The molecule has 5 nitrogen and oxygen atoms in total. The third kappa shape index (κ3) is 3.46. The van der Waals surface area contributed by atoms with Crippen LogP contribution in [-0.2, 0) is 14.8 Å². The van der Waals surface area contributed by atoms with Crippen LogP contribution in [-0.4, -0.2) is 45.1 Å². The fraction of sp³-hybridized carbons (Fsp3) is 0.500. The molecule has 1 atom stereocenters. The normalized spacial score (nSPS) is 20.8. The van der Waals surface area contributed by atoms with Gasteiger partial charge in [-0.05, 0) is 18.6 Å². The van der Waals surface area contributed by atoms with E-state index in [2.05, 4.69) is 0 Å². The Balaban J connectivity index is 0.00000180. The van der Waals surface area contributed by atoms with Gasteiger partial charge in [0.25, 0.3) is 0 Å². The number of nitrogens with zero attached hydrogens (tertiary/aromatic N) is 1. The van der Waals surface area contributed by atoms with Gasteiger partial charge < -0.3 is 10.5 Å². The quantitative estimate of drug-likeness (QED) is 0.895. The van der Waals surface area contributed by atoms with Gasteiger partial charge in [-0.25, -0.2) is 8.42 Å². The predicted molar refractivity (Wildman–Crippen MR) is 76.0 cm³/mol. The van der Waals surface area contributed by atoms with Crippen molar-refractivity contribution in [3.05, 3.63) is 29.8 Å². The molecule has 1 unspecified atom stereocenters. The molecule has 7 heteroatoms. The average molecular weight is 307 g/mol. The molecule has 0 aromatic heterocycles. The van der Waals surface area contributed by atoms with Crippen molar-refractivity contribution in [1.82, 2.24) is 4.31 Å². The lowest BCUT2D eigenvalue weighted by molar-refractivity contribution is 0.00449. The van der Waals surface area contributed by atoms with Crippen molar-refractivity contribution in [2.75, 3.05) is 26.2 Å². The Kier molecular flexibility index (Phi) is 5.76. The third-order valence-corrected chi connectivity index (χ3v) is 5.10. The zero-order valence-corrected chi connectivity index (χ0v) is 12.4. The molecule has 0 radical (unpaired) electrons. The minimum absolute atomic E-state index is 0. The lowest BCUT2D eigenvalue weighted by atomic mass is 10.2. The second-order valence-electron chi connectivity index (χ2n) is 4.36. The topological polar surface area (TPSA) is 72.6 Å². The van der Waals surface area contributed by atoms with Crippen molar-refractivity contribution < 1.29 is 13.2 Å². The van der Waals surface area contributed by atoms with E-state index in [0.717, 1.165) is 5.56 Å². The molecule has 0 saturated carbocycles. The van der Waals surface area contributed by atoms with E-state index in [1.807, 2.05) is 6.07 Å². The molecule has 0 bridgehead atoms. The molecule has 0 aliphatic carbocycles. The van der Waals surface area contributed by atoms with Crippen LogP contribution in [0, 0.1) is 6.92 Å². The Hall–Kier alpha value is -0.660. The minimum atomic E-state index is -3.44. The van der Waals surface area contributed by atoms with Crippen molar-refractivity contribution in [2.45, 2.75) is 17.9 Å². The summed E-state index contributed by atoms with van der Waals surface area (Å²) in [7, 11) is -3.44. The average Bonchev–Trinajstić information content (AvgIpc) is 2.39. The van der Waals surface area contributed by atoms with Gasteiger partial charge in [0.2, 0.25) is 10.0 Å². The maximum Gasteiger partial charge on any atom is 0.243 e. The summed E-state index contributed by atoms with van der Waals surface area (Å²) in [6.45, 7) is 3.24. The molecule has 0 amide bonds. The fourth-order valence-corrected chi connectivity index (χ4v) is 3.72. The summed E-state index contributed by atoms with van der Waals surface area (Å²) < 4.78 is 31.8. The van der Waals surface area contributed by atoms with Crippen molar-refractivity contribution >= 4 is 22.4 Å². The summed E-state index contributed by atoms with van der Waals surface area (Å²) >= 11 is 0. The van der Waals surface area contributed by atoms with Gasteiger partial charge in [0.15, 0.2) is 0 Å². The maximum absolute atomic E-state index is 12.5. The van der Waals surface area contributed by atoms with Crippen molar-refractivity contribution in [3.63, 3.8) is 0 Å². The van der Waals surface area contributed by atoms with Crippen LogP contribution >= 0.6 is 12.4 Å². The lowest BCUT2D eigenvalue weighted by Crippen LogP contribution is -2.48. The van der Waals surface area contributed by atoms with Gasteiger partial charge >= 0.3 is 0 Å². The van der Waals surface area contributed by atoms with Crippen LogP contribution in [0.25, 0.3) is 0 Å². The Morgan fingerprint density at radius 3 is 2.74 bits per heavy atom. The van der Waals surface area contributed by atoms with Crippen LogP contribution in [0.3, 0.4) is 0 Å². The van der Waals surface area contributed by atoms with E-state index >= 15 is 0 Å². The van der Waals surface area contributed by atoms with E-state index < -0.39 is 10.0 Å². The Morgan fingerprint density at radius 2 is 2.11 bits per heavy atom. The molecule has 108 valence electrons. The largest absolute Gasteiger partial charge is 0.374 e. The molecule has 1 aromatic rings. The van der Waals surface area contributed by atoms with Crippen LogP contribution in [0.5, 0.6) is 0 Å². The molecule has 19 heavy (non-hydrogen) atoms. The number of morpholine rings is 1. The van der Waals surface area contributed by atoms with Crippen molar-refractivity contribution in [2.24, 2.45) is 5.73 Å². The summed E-state index contributed by atoms with van der Waals surface area (Å²) in [6, 6.07) is 7.00. The molecule has 1 aromatic carbocycles. The molecule has 1 fully saturated rings. The monoisotopic (exact) mass is 306 g/mol. The van der Waals surface area contributed by atoms with Crippen LogP contribution in [0.1, 0.15) is 5.56 Å². The first-order valence-corrected chi connectivity index (χ1v) is 7.37. The molecule has 1 saturated heterocycles. The number of hydrogen-bond donors (Lipinski definition) is 1. The Morgan fingerprint density at radius 1 is 1.42 bits per heavy atom. The van der Waals surface area contributed by atoms with Crippen LogP contribution in [0.15, 0.2) is 29.2 Å². The summed E-state index contributed by atoms with van der Waals surface area (Å²) in [5, 5.41) is 0. The van der Waals surface area contributed by atoms with Gasteiger partial charge in [-0.1, -0.05) is 18.2 Å². The standard InChI is InChI=1S/C12H18N2O3S.ClH/c1-10-4-2-3-5-12(10)18(15,16)14-6-7-17-11(8-13)9-14;/h2-5,11H,6-9,13H2,1H3;1H. The highest BCUT2D eigenvalue weighted by Gasteiger charge is 2.30. The van der Waals surface area contributed by atoms with E-state index in [4.69, 9.17) is 10.5 Å². The van der Waals surface area contributed by atoms with E-state index in [-0.39, 0.29) is 18.5 Å². The zero-order chi connectivity index (χ0) is 13.2. The number of rotatable bonds is 3. The highest BCUT2D eigenvalue weighted by molar-refractivity contribution is 7.89. The second kappa shape index (κ2) is 6.67. The van der Waals surface area contributed by atoms with E-state index in [0.29, 0.717) is 31.1 Å². The van der Waals surface area contributed by atoms with Crippen LogP contribution < -0.4 is 5.73 Å². The first kappa shape index (κ1) is 16.4. The molecule has 1 aliphatic rings. The number of ether oxygens (including phenoxy) is 1. The van der Waals surface area contributed by atoms with Gasteiger partial charge in [-0.2, -0.15) is 4.31 Å². The highest BCUT2D eigenvalue weighted by Crippen LogP contribution is 2.21. The van der Waals surface area contributed by atoms with Crippen molar-refractivity contribution in [3.8, 4) is 0 Å². The number of halogens is 1. The molecule has 2 N–H and O–H groups in total. The van der Waals surface area contributed by atoms with E-state index in [1.165, 1.54) is 4.31 Å². The molecule has 0 spiro atoms. The smallest absolute Gasteiger partial charge is 0.243 e. The SMILES string of the molecule is Cc1ccccc1S(=O)(=O)N1CCOC(CN)C1.Cl. The van der Waals surface area contributed by atoms with Crippen molar-refractivity contribution in [1.29, 1.82) is 0 Å². The van der Waals surface area contributed by atoms with Crippen LogP contribution in [0.2, 0.25) is 0 Å². The van der Waals surface area contributed by atoms with Gasteiger partial charge in [0, 0.05) is 19.6 Å². The number of nitrogens with two attached hydrogens (primary N) is 1. The Bertz CT molecular complexity index is 521. The minimum Gasteiger partial charge on any atom is -0.374 e. The number of aryl methyl sites for hydroxylation is 1. The van der Waals surface area contributed by atoms with Gasteiger partial charge in [-0.3, -0.25) is 0 Å². The molecular weight excluding hydrogens is 288 g/mol. The fourth-order valence-electron chi connectivity index (χ4n) is 2.04. The highest BCUT2D eigenvalue weighted by atomic mass is 35.5. The van der Waals surface area contributed by atoms with E-state index in [9.17, 15) is 8.42 Å². The molecule has 1 aliphatic heterocycles. The Labute approximate surface area is 120 Å². The molecule has 2 rings (SSSR count). The predicted octanol–water partition coefficient (Wildman–Crippen LogP) is 0.765. The van der Waals surface area contributed by atoms with Gasteiger partial charge in [-0.15, -0.1) is 12.4 Å². The summed E-state index contributed by atoms with van der Waals surface area (Å²) in [4.78, 5) is 0.364. The number of hydrogen-bond acceptors (Lipinski definition) is 4. The second-order valence-corrected chi connectivity index (χ2v) is 6.26. The summed E-state index contributed by atoms with van der Waals surface area (Å²) in [5.74, 6) is 0. The summed E-state index contributed by atoms with van der Waals surface area (Å²) in [5.41, 5.74) is 6.29. The van der Waals surface area contributed by atoms with Gasteiger partial charge in [0.05, 0.1) is 17.6 Å². The molecule has 1 heterocycles. The van der Waals surface area contributed by atoms with Gasteiger partial charge in [0.1, 0.15) is 0 Å². The number of benzene rings is 1. The zero-order valence-electron chi connectivity index (χ0n) is 10.8. The van der Waals surface area contributed by atoms with Crippen LogP contribution in [0.4, 0.5) is 0 Å². The lowest BCUT2D eigenvalue weighted by Gasteiger charge is -2.31.